The predicted octanol–water partition coefficient (Wildman–Crippen LogP) is 2.71. The van der Waals surface area contributed by atoms with Crippen molar-refractivity contribution in [3.8, 4) is 5.75 Å². The van der Waals surface area contributed by atoms with Crippen LogP contribution in [0.2, 0.25) is 10.0 Å². The van der Waals surface area contributed by atoms with E-state index in [-0.39, 0.29) is 35.7 Å². The summed E-state index contributed by atoms with van der Waals surface area (Å²) in [6.07, 6.45) is 2.24. The van der Waals surface area contributed by atoms with Crippen LogP contribution in [0, 0.1) is 0 Å². The lowest BCUT2D eigenvalue weighted by Gasteiger charge is -2.12. The van der Waals surface area contributed by atoms with Crippen molar-refractivity contribution in [1.82, 2.24) is 16.0 Å². The van der Waals surface area contributed by atoms with E-state index >= 15 is 0 Å². The lowest BCUT2D eigenvalue weighted by Crippen LogP contribution is -2.41. The van der Waals surface area contributed by atoms with Crippen molar-refractivity contribution in [3.05, 3.63) is 63.6 Å². The zero-order valence-corrected chi connectivity index (χ0v) is 19.4. The fourth-order valence-electron chi connectivity index (χ4n) is 3.10. The zero-order chi connectivity index (χ0) is 23.6. The topological polar surface area (TPSA) is 106 Å². The van der Waals surface area contributed by atoms with Gasteiger partial charge in [-0.1, -0.05) is 35.3 Å². The maximum Gasteiger partial charge on any atom is 0.253 e. The number of rotatable bonds is 10. The van der Waals surface area contributed by atoms with Crippen molar-refractivity contribution >= 4 is 40.9 Å². The molecule has 1 heterocycles. The van der Waals surface area contributed by atoms with E-state index in [2.05, 4.69) is 16.0 Å². The van der Waals surface area contributed by atoms with Gasteiger partial charge in [0.15, 0.2) is 0 Å². The fraction of sp³-hybridized carbons (Fsp3) is 0.348. The summed E-state index contributed by atoms with van der Waals surface area (Å²) >= 11 is 11.8. The molecule has 0 bridgehead atoms. The normalized spacial score (nSPS) is 15.0. The molecule has 2 aromatic rings. The first kappa shape index (κ1) is 24.8. The number of carbonyl (C=O) groups is 3. The minimum absolute atomic E-state index is 0.155. The van der Waals surface area contributed by atoms with E-state index in [1.807, 2.05) is 24.3 Å². The van der Waals surface area contributed by atoms with Crippen LogP contribution in [0.5, 0.6) is 5.75 Å². The highest BCUT2D eigenvalue weighted by atomic mass is 35.5. The number of ether oxygens (including phenoxy) is 2. The highest BCUT2D eigenvalue weighted by Crippen LogP contribution is 2.20. The summed E-state index contributed by atoms with van der Waals surface area (Å²) in [5.41, 5.74) is 1.10. The lowest BCUT2D eigenvalue weighted by atomic mass is 10.2. The van der Waals surface area contributed by atoms with Crippen molar-refractivity contribution in [2.75, 3.05) is 26.3 Å². The molecule has 176 valence electrons. The molecule has 1 atom stereocenters. The Kier molecular flexibility index (Phi) is 9.35. The molecule has 0 saturated carbocycles. The fourth-order valence-corrected chi connectivity index (χ4v) is 3.60. The Morgan fingerprint density at radius 3 is 2.39 bits per heavy atom. The average molecular weight is 494 g/mol. The van der Waals surface area contributed by atoms with Crippen molar-refractivity contribution in [2.24, 2.45) is 0 Å². The molecule has 0 aliphatic carbocycles. The van der Waals surface area contributed by atoms with Crippen molar-refractivity contribution < 1.29 is 23.9 Å². The Bertz CT molecular complexity index is 979. The molecule has 8 nitrogen and oxygen atoms in total. The summed E-state index contributed by atoms with van der Waals surface area (Å²) in [5, 5.41) is 8.20. The van der Waals surface area contributed by atoms with Gasteiger partial charge in [0.05, 0.1) is 29.8 Å². The molecule has 3 N–H and O–H groups in total. The van der Waals surface area contributed by atoms with Gasteiger partial charge in [0.2, 0.25) is 11.8 Å². The van der Waals surface area contributed by atoms with Crippen LogP contribution in [0.15, 0.2) is 42.5 Å². The van der Waals surface area contributed by atoms with Gasteiger partial charge in [0, 0.05) is 18.2 Å². The molecule has 3 rings (SSSR count). The zero-order valence-electron chi connectivity index (χ0n) is 17.9. The van der Waals surface area contributed by atoms with Gasteiger partial charge in [0.1, 0.15) is 12.4 Å². The van der Waals surface area contributed by atoms with E-state index in [1.54, 1.807) is 0 Å². The molecular formula is C23H25Cl2N3O5. The van der Waals surface area contributed by atoms with Crippen LogP contribution in [0.1, 0.15) is 28.8 Å². The highest BCUT2D eigenvalue weighted by Gasteiger charge is 2.16. The van der Waals surface area contributed by atoms with Gasteiger partial charge in [-0.3, -0.25) is 14.4 Å². The third-order valence-corrected chi connectivity index (χ3v) is 5.45. The van der Waals surface area contributed by atoms with Crippen LogP contribution in [-0.4, -0.2) is 50.1 Å². The molecule has 0 spiro atoms. The number of carbonyl (C=O) groups excluding carboxylic acids is 3. The molecule has 1 saturated heterocycles. The molecule has 2 aromatic carbocycles. The van der Waals surface area contributed by atoms with Crippen LogP contribution in [-0.2, 0) is 20.9 Å². The minimum Gasteiger partial charge on any atom is -0.491 e. The van der Waals surface area contributed by atoms with E-state index in [0.29, 0.717) is 18.2 Å². The Labute approximate surface area is 201 Å². The van der Waals surface area contributed by atoms with Crippen LogP contribution in [0.25, 0.3) is 0 Å². The Hall–Kier alpha value is -2.81. The summed E-state index contributed by atoms with van der Waals surface area (Å²) in [5.74, 6) is -0.625. The lowest BCUT2D eigenvalue weighted by molar-refractivity contribution is -0.125. The first-order chi connectivity index (χ1) is 15.9. The molecular weight excluding hydrogens is 469 g/mol. The Morgan fingerprint density at radius 1 is 0.970 bits per heavy atom. The third-order valence-electron chi connectivity index (χ3n) is 4.90. The Morgan fingerprint density at radius 2 is 1.70 bits per heavy atom. The first-order valence-corrected chi connectivity index (χ1v) is 11.3. The predicted molar refractivity (Wildman–Crippen MR) is 125 cm³/mol. The Balaban J connectivity index is 1.31. The first-order valence-electron chi connectivity index (χ1n) is 10.5. The van der Waals surface area contributed by atoms with Gasteiger partial charge in [-0.2, -0.15) is 0 Å². The number of amides is 3. The number of benzene rings is 2. The van der Waals surface area contributed by atoms with Crippen LogP contribution in [0.3, 0.4) is 0 Å². The second-order valence-corrected chi connectivity index (χ2v) is 8.29. The molecule has 0 aromatic heterocycles. The maximum absolute atomic E-state index is 12.1. The largest absolute Gasteiger partial charge is 0.491 e. The molecule has 1 fully saturated rings. The number of hydrogen-bond acceptors (Lipinski definition) is 5. The van der Waals surface area contributed by atoms with Crippen molar-refractivity contribution in [3.63, 3.8) is 0 Å². The van der Waals surface area contributed by atoms with E-state index in [1.165, 1.54) is 18.2 Å². The van der Waals surface area contributed by atoms with Gasteiger partial charge in [0.25, 0.3) is 5.91 Å². The monoisotopic (exact) mass is 493 g/mol. The third kappa shape index (κ3) is 8.24. The second kappa shape index (κ2) is 12.4. The van der Waals surface area contributed by atoms with Gasteiger partial charge in [-0.15, -0.1) is 0 Å². The smallest absolute Gasteiger partial charge is 0.253 e. The molecule has 33 heavy (non-hydrogen) atoms. The van der Waals surface area contributed by atoms with Crippen molar-refractivity contribution in [1.29, 1.82) is 0 Å². The summed E-state index contributed by atoms with van der Waals surface area (Å²) in [4.78, 5) is 36.0. The number of nitrogens with one attached hydrogen (secondary N) is 3. The summed E-state index contributed by atoms with van der Waals surface area (Å²) in [7, 11) is 0. The molecule has 1 unspecified atom stereocenters. The average Bonchev–Trinajstić information content (AvgIpc) is 3.33. The van der Waals surface area contributed by atoms with Crippen LogP contribution in [0.4, 0.5) is 0 Å². The minimum atomic E-state index is -0.514. The molecule has 3 amide bonds. The molecule has 1 aliphatic heterocycles. The standard InChI is InChI=1S/C23H25Cl2N3O5/c24-16-5-8-19(20(25)10-16)23(31)28-13-22(30)27-12-21(29)26-11-15-3-6-17(7-4-15)33-14-18-2-1-9-32-18/h3-8,10,18H,1-2,9,11-14H2,(H,26,29)(H,27,30)(H,28,31). The SMILES string of the molecule is O=C(CNC(=O)CNC(=O)c1ccc(Cl)cc1Cl)NCc1ccc(OCC2CCCO2)cc1. The van der Waals surface area contributed by atoms with Crippen LogP contribution >= 0.6 is 23.2 Å². The van der Waals surface area contributed by atoms with Crippen LogP contribution < -0.4 is 20.7 Å². The van der Waals surface area contributed by atoms with Gasteiger partial charge < -0.3 is 25.4 Å². The number of halogens is 2. The quantitative estimate of drug-likeness (QED) is 0.471. The number of hydrogen-bond donors (Lipinski definition) is 3. The van der Waals surface area contributed by atoms with E-state index in [0.717, 1.165) is 30.8 Å². The van der Waals surface area contributed by atoms with Gasteiger partial charge >= 0.3 is 0 Å². The second-order valence-electron chi connectivity index (χ2n) is 7.45. The molecule has 1 aliphatic rings. The van der Waals surface area contributed by atoms with E-state index in [9.17, 15) is 14.4 Å². The summed E-state index contributed by atoms with van der Waals surface area (Å²) < 4.78 is 11.2. The van der Waals surface area contributed by atoms with E-state index < -0.39 is 11.8 Å². The van der Waals surface area contributed by atoms with E-state index in [4.69, 9.17) is 32.7 Å². The van der Waals surface area contributed by atoms with Gasteiger partial charge in [-0.05, 0) is 48.7 Å². The highest BCUT2D eigenvalue weighted by molar-refractivity contribution is 6.36. The molecule has 0 radical (unpaired) electrons. The maximum atomic E-state index is 12.1. The summed E-state index contributed by atoms with van der Waals surface area (Å²) in [6.45, 7) is 1.13. The summed E-state index contributed by atoms with van der Waals surface area (Å²) in [6, 6.07) is 11.8. The van der Waals surface area contributed by atoms with Crippen molar-refractivity contribution in [2.45, 2.75) is 25.5 Å². The van der Waals surface area contributed by atoms with Gasteiger partial charge in [-0.25, -0.2) is 0 Å². The molecule has 10 heteroatoms.